The third kappa shape index (κ3) is 2.44. The smallest absolute Gasteiger partial charge is 0.0594 e. The fourth-order valence-electron chi connectivity index (χ4n) is 10.8. The Bertz CT molecular complexity index is 811. The van der Waals surface area contributed by atoms with Crippen LogP contribution in [0.4, 0.5) is 0 Å². The van der Waals surface area contributed by atoms with Gasteiger partial charge >= 0.3 is 0 Å². The van der Waals surface area contributed by atoms with Crippen molar-refractivity contribution in [2.75, 3.05) is 34.8 Å². The average Bonchev–Trinajstić information content (AvgIpc) is 3.32. The number of aliphatic hydroxyl groups is 2. The molecule has 0 bridgehead atoms. The van der Waals surface area contributed by atoms with Crippen LogP contribution in [-0.2, 0) is 0 Å². The zero-order chi connectivity index (χ0) is 23.5. The second kappa shape index (κ2) is 6.83. The van der Waals surface area contributed by atoms with Gasteiger partial charge in [0.25, 0.3) is 0 Å². The van der Waals surface area contributed by atoms with E-state index in [4.69, 9.17) is 0 Å². The molecule has 2 spiro atoms. The lowest BCUT2D eigenvalue weighted by atomic mass is 9.43. The van der Waals surface area contributed by atoms with Gasteiger partial charge in [-0.2, -0.15) is 0 Å². The van der Waals surface area contributed by atoms with Gasteiger partial charge in [-0.15, -0.1) is 0 Å². The van der Waals surface area contributed by atoms with Crippen molar-refractivity contribution in [1.82, 2.24) is 9.80 Å². The Morgan fingerprint density at radius 1 is 0.938 bits per heavy atom. The quantitative estimate of drug-likeness (QED) is 0.643. The Morgan fingerprint density at radius 3 is 2.16 bits per heavy atom. The molecule has 11 atom stereocenters. The predicted octanol–water partition coefficient (Wildman–Crippen LogP) is 4.03. The zero-order valence-corrected chi connectivity index (χ0v) is 21.9. The lowest BCUT2D eigenvalue weighted by molar-refractivity contribution is -0.119. The van der Waals surface area contributed by atoms with Gasteiger partial charge in [0.15, 0.2) is 0 Å². The van der Waals surface area contributed by atoms with Gasteiger partial charge in [0.1, 0.15) is 0 Å². The molecule has 5 aliphatic rings. The normalized spacial score (nSPS) is 57.1. The van der Waals surface area contributed by atoms with Crippen molar-refractivity contribution in [3.63, 3.8) is 0 Å². The molecule has 5 aliphatic carbocycles. The number of fused-ring (bicyclic) bond motifs is 2. The average molecular weight is 445 g/mol. The summed E-state index contributed by atoms with van der Waals surface area (Å²) in [6.07, 6.45) is 12.2. The van der Waals surface area contributed by atoms with E-state index < -0.39 is 0 Å². The van der Waals surface area contributed by atoms with E-state index in [2.05, 4.69) is 77.8 Å². The molecule has 5 rings (SSSR count). The largest absolute Gasteiger partial charge is 0.396 e. The molecule has 32 heavy (non-hydrogen) atoms. The fourth-order valence-corrected chi connectivity index (χ4v) is 10.8. The van der Waals surface area contributed by atoms with E-state index in [0.29, 0.717) is 40.7 Å². The van der Waals surface area contributed by atoms with Crippen LogP contribution in [0.5, 0.6) is 0 Å². The number of rotatable bonds is 4. The highest BCUT2D eigenvalue weighted by molar-refractivity contribution is 5.37. The standard InChI is InChI=1S/C28H48N2O2/c1-18(29(5)6)23-19(32)15-26(4)21-10-9-20-24(2,17-31)22(30(7)8)11-12-27(20)16-28(21,27)14-13-25(23,26)3/h9-10,18-23,31-32H,11-17H2,1-8H3/t18-,19+,20-,21-,22-,23-,24+,25+,26-,27+,28-/m0/s1. The Labute approximate surface area is 196 Å². The molecule has 0 aromatic carbocycles. The van der Waals surface area contributed by atoms with Gasteiger partial charge in [0.2, 0.25) is 0 Å². The van der Waals surface area contributed by atoms with Gasteiger partial charge in [-0.25, -0.2) is 0 Å². The number of hydrogen-bond donors (Lipinski definition) is 2. The van der Waals surface area contributed by atoms with E-state index in [1.807, 2.05) is 0 Å². The van der Waals surface area contributed by atoms with Gasteiger partial charge in [-0.1, -0.05) is 32.9 Å². The monoisotopic (exact) mass is 444 g/mol. The Balaban J connectivity index is 1.56. The number of allylic oxidation sites excluding steroid dienone is 2. The molecule has 0 amide bonds. The maximum Gasteiger partial charge on any atom is 0.0594 e. The summed E-state index contributed by atoms with van der Waals surface area (Å²) in [5.41, 5.74) is 0.958. The highest BCUT2D eigenvalue weighted by Gasteiger charge is 2.82. The van der Waals surface area contributed by atoms with Gasteiger partial charge < -0.3 is 20.0 Å². The molecule has 0 radical (unpaired) electrons. The minimum absolute atomic E-state index is 0.0778. The lowest BCUT2D eigenvalue weighted by Crippen LogP contribution is -2.60. The highest BCUT2D eigenvalue weighted by atomic mass is 16.3. The van der Waals surface area contributed by atoms with E-state index in [1.165, 1.54) is 32.1 Å². The molecule has 0 aromatic heterocycles. The van der Waals surface area contributed by atoms with E-state index in [9.17, 15) is 10.2 Å². The number of nitrogens with zero attached hydrogens (tertiary/aromatic N) is 2. The molecule has 182 valence electrons. The SMILES string of the molecule is C[C@@H]([C@H]1[C@H](O)C[C@@]2(C)[C@@H]3C=C[C@H]4[C@@](C)(CO)[C@@H](N(C)C)CC[C@@]45C[C@@]35CC[C@]12C)N(C)C. The van der Waals surface area contributed by atoms with Gasteiger partial charge in [-0.05, 0) is 107 Å². The van der Waals surface area contributed by atoms with E-state index in [1.54, 1.807) is 0 Å². The predicted molar refractivity (Wildman–Crippen MR) is 130 cm³/mol. The third-order valence-corrected chi connectivity index (χ3v) is 12.7. The van der Waals surface area contributed by atoms with Crippen molar-refractivity contribution in [2.24, 2.45) is 44.8 Å². The first-order chi connectivity index (χ1) is 14.8. The molecule has 4 fully saturated rings. The summed E-state index contributed by atoms with van der Waals surface area (Å²) < 4.78 is 0. The van der Waals surface area contributed by atoms with Gasteiger partial charge in [0.05, 0.1) is 12.7 Å². The summed E-state index contributed by atoms with van der Waals surface area (Å²) in [4.78, 5) is 4.67. The molecular formula is C28H48N2O2. The summed E-state index contributed by atoms with van der Waals surface area (Å²) in [6.45, 7) is 9.97. The summed E-state index contributed by atoms with van der Waals surface area (Å²) >= 11 is 0. The van der Waals surface area contributed by atoms with Crippen LogP contribution < -0.4 is 0 Å². The topological polar surface area (TPSA) is 46.9 Å². The maximum atomic E-state index is 11.4. The first-order valence-electron chi connectivity index (χ1n) is 13.1. The fraction of sp³-hybridized carbons (Fsp3) is 0.929. The van der Waals surface area contributed by atoms with Crippen LogP contribution in [0.3, 0.4) is 0 Å². The van der Waals surface area contributed by atoms with Gasteiger partial charge in [0, 0.05) is 23.4 Å². The number of aliphatic hydroxyl groups excluding tert-OH is 2. The summed E-state index contributed by atoms with van der Waals surface area (Å²) in [5, 5.41) is 22.1. The second-order valence-corrected chi connectivity index (χ2v) is 13.8. The molecule has 0 aliphatic heterocycles. The third-order valence-electron chi connectivity index (χ3n) is 12.7. The first-order valence-corrected chi connectivity index (χ1v) is 13.1. The minimum Gasteiger partial charge on any atom is -0.396 e. The van der Waals surface area contributed by atoms with E-state index in [-0.39, 0.29) is 29.0 Å². The van der Waals surface area contributed by atoms with Gasteiger partial charge in [-0.3, -0.25) is 0 Å². The van der Waals surface area contributed by atoms with Crippen molar-refractivity contribution in [3.05, 3.63) is 12.2 Å². The molecule has 4 heteroatoms. The van der Waals surface area contributed by atoms with Crippen molar-refractivity contribution >= 4 is 0 Å². The van der Waals surface area contributed by atoms with Crippen LogP contribution >= 0.6 is 0 Å². The highest BCUT2D eigenvalue weighted by Crippen LogP contribution is 2.87. The molecule has 0 saturated heterocycles. The van der Waals surface area contributed by atoms with E-state index in [0.717, 1.165) is 6.42 Å². The Kier molecular flexibility index (Phi) is 4.98. The minimum atomic E-state index is -0.217. The summed E-state index contributed by atoms with van der Waals surface area (Å²) in [5.74, 6) is 1.35. The molecule has 2 N–H and O–H groups in total. The Morgan fingerprint density at radius 2 is 1.56 bits per heavy atom. The lowest BCUT2D eigenvalue weighted by Gasteiger charge is -2.62. The molecule has 0 heterocycles. The Hall–Kier alpha value is -0.420. The zero-order valence-electron chi connectivity index (χ0n) is 21.9. The molecule has 0 unspecified atom stereocenters. The van der Waals surface area contributed by atoms with Crippen molar-refractivity contribution in [2.45, 2.75) is 84.4 Å². The van der Waals surface area contributed by atoms with Crippen LogP contribution in [-0.4, -0.2) is 73.0 Å². The summed E-state index contributed by atoms with van der Waals surface area (Å²) in [7, 11) is 8.71. The molecule has 4 saturated carbocycles. The number of hydrogen-bond acceptors (Lipinski definition) is 4. The molecule has 0 aromatic rings. The maximum absolute atomic E-state index is 11.4. The van der Waals surface area contributed by atoms with Crippen LogP contribution in [0.1, 0.15) is 66.2 Å². The molecular weight excluding hydrogens is 396 g/mol. The van der Waals surface area contributed by atoms with Crippen molar-refractivity contribution < 1.29 is 10.2 Å². The van der Waals surface area contributed by atoms with Crippen LogP contribution in [0, 0.1) is 44.8 Å². The van der Waals surface area contributed by atoms with Crippen molar-refractivity contribution in [1.29, 1.82) is 0 Å². The van der Waals surface area contributed by atoms with Crippen LogP contribution in [0.15, 0.2) is 12.2 Å². The van der Waals surface area contributed by atoms with E-state index >= 15 is 0 Å². The van der Waals surface area contributed by atoms with Crippen LogP contribution in [0.2, 0.25) is 0 Å². The van der Waals surface area contributed by atoms with Crippen LogP contribution in [0.25, 0.3) is 0 Å². The second-order valence-electron chi connectivity index (χ2n) is 13.8. The molecule has 4 nitrogen and oxygen atoms in total. The summed E-state index contributed by atoms with van der Waals surface area (Å²) in [6, 6.07) is 0.817. The first kappa shape index (κ1) is 23.3. The van der Waals surface area contributed by atoms with Crippen molar-refractivity contribution in [3.8, 4) is 0 Å².